The lowest BCUT2D eigenvalue weighted by Crippen LogP contribution is -2.53. The molecule has 4 N–H and O–H groups in total. The first-order chi connectivity index (χ1) is 23.2. The average Bonchev–Trinajstić information content (AvgIpc) is 3.69. The van der Waals surface area contributed by atoms with Gasteiger partial charge in [0.05, 0.1) is 34.3 Å². The number of benzene rings is 1. The highest BCUT2D eigenvalue weighted by atomic mass is 35.5. The number of furan rings is 1. The first-order valence-corrected chi connectivity index (χ1v) is 15.7. The molecule has 2 saturated heterocycles. The monoisotopic (exact) mass is 717 g/mol. The molecule has 1 saturated carbocycles. The number of nitrogens with two attached hydrogens (primary N) is 1. The number of allylic oxidation sites excluding steroid dienone is 2. The largest absolute Gasteiger partial charge is 0.463 e. The molecule has 2 aromatic heterocycles. The smallest absolute Gasteiger partial charge is 0.417 e. The van der Waals surface area contributed by atoms with Crippen LogP contribution in [0.4, 0.5) is 23.8 Å². The van der Waals surface area contributed by atoms with Gasteiger partial charge in [-0.05, 0) is 54.7 Å². The van der Waals surface area contributed by atoms with E-state index < -0.39 is 93.9 Å². The number of hydrogen-bond donors (Lipinski definition) is 3. The van der Waals surface area contributed by atoms with Gasteiger partial charge in [0.2, 0.25) is 11.8 Å². The Morgan fingerprint density at radius 1 is 1.06 bits per heavy atom. The Kier molecular flexibility index (Phi) is 7.65. The first kappa shape index (κ1) is 32.8. The number of likely N-dealkylation sites (tertiary alicyclic amines) is 1. The molecule has 0 bridgehead atoms. The number of imide groups is 4. The second kappa shape index (κ2) is 11.4. The van der Waals surface area contributed by atoms with Gasteiger partial charge in [0, 0.05) is 11.2 Å². The van der Waals surface area contributed by atoms with E-state index in [0.717, 1.165) is 0 Å². The fourth-order valence-corrected chi connectivity index (χ4v) is 8.28. The Morgan fingerprint density at radius 2 is 1.78 bits per heavy atom. The van der Waals surface area contributed by atoms with Gasteiger partial charge >= 0.3 is 12.2 Å². The van der Waals surface area contributed by atoms with Gasteiger partial charge in [-0.25, -0.2) is 9.78 Å². The maximum absolute atomic E-state index is 15.0. The lowest BCUT2D eigenvalue weighted by Gasteiger charge is -2.49. The van der Waals surface area contributed by atoms with Crippen LogP contribution >= 0.6 is 23.2 Å². The predicted octanol–water partition coefficient (Wildman–Crippen LogP) is 4.56. The van der Waals surface area contributed by atoms with Gasteiger partial charge < -0.3 is 15.3 Å². The van der Waals surface area contributed by atoms with E-state index in [2.05, 4.69) is 10.4 Å². The molecule has 0 spiro atoms. The Bertz CT molecular complexity index is 1980. The summed E-state index contributed by atoms with van der Waals surface area (Å²) in [6.45, 7) is -0.503. The van der Waals surface area contributed by atoms with E-state index in [4.69, 9.17) is 33.4 Å². The summed E-state index contributed by atoms with van der Waals surface area (Å²) in [6, 6.07) is 8.52. The van der Waals surface area contributed by atoms with Gasteiger partial charge in [-0.15, -0.1) is 0 Å². The van der Waals surface area contributed by atoms with Gasteiger partial charge in [0.25, 0.3) is 11.8 Å². The van der Waals surface area contributed by atoms with Gasteiger partial charge in [-0.3, -0.25) is 24.6 Å². The molecule has 17 heteroatoms. The second-order valence-electron chi connectivity index (χ2n) is 12.2. The Morgan fingerprint density at radius 3 is 2.39 bits per heavy atom. The molecule has 4 aliphatic rings. The van der Waals surface area contributed by atoms with E-state index in [1.807, 2.05) is 0 Å². The van der Waals surface area contributed by atoms with E-state index in [0.29, 0.717) is 38.3 Å². The molecular formula is C32H24Cl2F3N5O7. The average molecular weight is 718 g/mol. The molecule has 1 aromatic carbocycles. The summed E-state index contributed by atoms with van der Waals surface area (Å²) in [4.78, 5) is 72.6. The van der Waals surface area contributed by atoms with Crippen LogP contribution in [0.5, 0.6) is 0 Å². The van der Waals surface area contributed by atoms with Crippen molar-refractivity contribution in [3.8, 4) is 0 Å². The number of nitrogens with one attached hydrogen (secondary N) is 1. The summed E-state index contributed by atoms with van der Waals surface area (Å²) in [5, 5.41) is 10.3. The van der Waals surface area contributed by atoms with Crippen molar-refractivity contribution >= 4 is 58.7 Å². The molecule has 49 heavy (non-hydrogen) atoms. The number of fused-ring (bicyclic) bond motifs is 4. The molecule has 2 aliphatic carbocycles. The van der Waals surface area contributed by atoms with Crippen molar-refractivity contribution in [2.75, 3.05) is 5.43 Å². The van der Waals surface area contributed by atoms with Crippen molar-refractivity contribution in [1.29, 1.82) is 0 Å². The number of aliphatic hydroxyl groups is 1. The number of urea groups is 1. The number of alkyl halides is 3. The Labute approximate surface area is 284 Å². The normalized spacial score (nSPS) is 28.0. The highest BCUT2D eigenvalue weighted by Crippen LogP contribution is 2.64. The molecule has 6 unspecified atom stereocenters. The van der Waals surface area contributed by atoms with Crippen molar-refractivity contribution in [3.63, 3.8) is 0 Å². The SMILES string of the molecule is NC(=O)N1C(=O)C2CC=C3C(CC4C(=O)N(Nc5ncc(C(F)(F)F)cc5Cl)C(=O)C4(c4ccc(Cl)cc4)C3c3ccc(CO)o3)C2C1=O. The number of carbonyl (C=O) groups is 5. The van der Waals surface area contributed by atoms with Crippen molar-refractivity contribution in [3.05, 3.63) is 93.0 Å². The zero-order valence-electron chi connectivity index (χ0n) is 24.9. The highest BCUT2D eigenvalue weighted by Gasteiger charge is 2.71. The molecule has 12 nitrogen and oxygen atoms in total. The Hall–Kier alpha value is -4.73. The van der Waals surface area contributed by atoms with Crippen LogP contribution < -0.4 is 11.2 Å². The fourth-order valence-electron chi connectivity index (χ4n) is 7.94. The highest BCUT2D eigenvalue weighted by molar-refractivity contribution is 6.33. The first-order valence-electron chi connectivity index (χ1n) is 14.9. The molecule has 6 amide bonds. The summed E-state index contributed by atoms with van der Waals surface area (Å²) in [6.07, 6.45) is -2.73. The lowest BCUT2D eigenvalue weighted by atomic mass is 9.50. The summed E-state index contributed by atoms with van der Waals surface area (Å²) in [7, 11) is 0. The van der Waals surface area contributed by atoms with Gasteiger partial charge in [-0.2, -0.15) is 23.1 Å². The van der Waals surface area contributed by atoms with Crippen molar-refractivity contribution in [1.82, 2.24) is 14.9 Å². The van der Waals surface area contributed by atoms with Crippen LogP contribution in [0.25, 0.3) is 0 Å². The lowest BCUT2D eigenvalue weighted by molar-refractivity contribution is -0.140. The van der Waals surface area contributed by atoms with Gasteiger partial charge in [0.1, 0.15) is 23.5 Å². The minimum atomic E-state index is -4.77. The number of aromatic nitrogens is 1. The molecular weight excluding hydrogens is 694 g/mol. The number of primary amides is 1. The number of halogens is 5. The van der Waals surface area contributed by atoms with Crippen molar-refractivity contribution in [2.45, 2.75) is 37.0 Å². The zero-order chi connectivity index (χ0) is 35.2. The number of anilines is 1. The molecule has 2 aliphatic heterocycles. The number of hydrogen-bond acceptors (Lipinski definition) is 9. The standard InChI is InChI=1S/C32H24Cl2F3N5O7/c33-15-3-1-13(2-4-15)31-20(27(45)42(29(31)47)40-25-21(34)9-14(11-39-25)32(35,36)37)10-19-17(24(31)22-8-5-16(12-43)49-22)6-7-18-23(19)28(46)41(26(18)44)30(38)48/h1-6,8-9,11,18-20,23-24,43H,7,10,12H2,(H2,38,48)(H,39,40). The molecule has 3 fully saturated rings. The second-order valence-corrected chi connectivity index (χ2v) is 13.1. The van der Waals surface area contributed by atoms with Crippen LogP contribution in [-0.4, -0.2) is 49.7 Å². The predicted molar refractivity (Wildman–Crippen MR) is 163 cm³/mol. The molecule has 3 aromatic rings. The van der Waals surface area contributed by atoms with E-state index >= 15 is 0 Å². The summed E-state index contributed by atoms with van der Waals surface area (Å²) >= 11 is 12.4. The number of carbonyl (C=O) groups excluding carboxylic acids is 5. The van der Waals surface area contributed by atoms with Gasteiger partial charge in [-0.1, -0.05) is 47.0 Å². The van der Waals surface area contributed by atoms with E-state index in [9.17, 15) is 42.3 Å². The zero-order valence-corrected chi connectivity index (χ0v) is 26.4. The summed E-state index contributed by atoms with van der Waals surface area (Å²) < 4.78 is 46.0. The van der Waals surface area contributed by atoms with Crippen molar-refractivity contribution < 1.29 is 46.7 Å². The minimum absolute atomic E-state index is 0.00542. The summed E-state index contributed by atoms with van der Waals surface area (Å²) in [5.74, 6) is -8.74. The van der Waals surface area contributed by atoms with E-state index in [1.54, 1.807) is 18.2 Å². The number of aliphatic hydroxyl groups excluding tert-OH is 1. The molecule has 254 valence electrons. The molecule has 4 heterocycles. The quantitative estimate of drug-likeness (QED) is 0.252. The minimum Gasteiger partial charge on any atom is -0.463 e. The van der Waals surface area contributed by atoms with Crippen LogP contribution in [0.3, 0.4) is 0 Å². The number of nitrogens with zero attached hydrogens (tertiary/aromatic N) is 3. The van der Waals surface area contributed by atoms with Crippen LogP contribution in [0, 0.1) is 23.7 Å². The maximum atomic E-state index is 15.0. The number of rotatable bonds is 5. The van der Waals surface area contributed by atoms with Crippen molar-refractivity contribution in [2.24, 2.45) is 29.4 Å². The summed E-state index contributed by atoms with van der Waals surface area (Å²) in [5.41, 5.74) is 5.74. The van der Waals surface area contributed by atoms with Crippen LogP contribution in [0.15, 0.2) is 64.7 Å². The number of hydrazine groups is 1. The molecule has 0 radical (unpaired) electrons. The third kappa shape index (κ3) is 4.77. The third-order valence-electron chi connectivity index (χ3n) is 9.90. The number of pyridine rings is 1. The van der Waals surface area contributed by atoms with E-state index in [-0.39, 0.29) is 24.4 Å². The van der Waals surface area contributed by atoms with Crippen LogP contribution in [-0.2, 0) is 37.4 Å². The number of amides is 6. The van der Waals surface area contributed by atoms with Gasteiger partial charge in [0.15, 0.2) is 5.82 Å². The van der Waals surface area contributed by atoms with Crippen LogP contribution in [0.1, 0.15) is 41.4 Å². The maximum Gasteiger partial charge on any atom is 0.417 e. The molecule has 6 atom stereocenters. The third-order valence-corrected chi connectivity index (χ3v) is 10.4. The van der Waals surface area contributed by atoms with Crippen LogP contribution in [0.2, 0.25) is 10.0 Å². The van der Waals surface area contributed by atoms with E-state index in [1.165, 1.54) is 24.3 Å². The topological polar surface area (TPSA) is 176 Å². The molecule has 7 rings (SSSR count). The Balaban J connectivity index is 1.42. The fraction of sp³-hybridized carbons (Fsp3) is 0.312.